The molecule has 1 aliphatic carbocycles. The van der Waals surface area contributed by atoms with Crippen molar-refractivity contribution in [2.45, 2.75) is 83.3 Å². The van der Waals surface area contributed by atoms with Crippen LogP contribution in [0.3, 0.4) is 0 Å². The van der Waals surface area contributed by atoms with Crippen LogP contribution in [0.5, 0.6) is 0 Å². The number of aryl methyl sites for hydroxylation is 2. The van der Waals surface area contributed by atoms with Crippen LogP contribution in [-0.4, -0.2) is 17.4 Å². The highest BCUT2D eigenvalue weighted by Gasteiger charge is 2.47. The molecule has 0 N–H and O–H groups in total. The minimum absolute atomic E-state index is 0.0171. The lowest BCUT2D eigenvalue weighted by Gasteiger charge is -2.41. The molecule has 1 aromatic rings. The molecule has 2 aliphatic rings. The molecule has 4 nitrogen and oxygen atoms in total. The highest BCUT2D eigenvalue weighted by atomic mass is 16.6. The van der Waals surface area contributed by atoms with Crippen molar-refractivity contribution in [2.75, 3.05) is 0 Å². The van der Waals surface area contributed by atoms with Gasteiger partial charge in [0.2, 0.25) is 0 Å². The first-order valence-corrected chi connectivity index (χ1v) is 9.98. The summed E-state index contributed by atoms with van der Waals surface area (Å²) in [4.78, 5) is 27.9. The lowest BCUT2D eigenvalue weighted by molar-refractivity contribution is -0.178. The van der Waals surface area contributed by atoms with Gasteiger partial charge >= 0.3 is 5.97 Å². The molecule has 1 aliphatic heterocycles. The minimum atomic E-state index is -0.620. The van der Waals surface area contributed by atoms with Crippen LogP contribution in [0.1, 0.15) is 75.5 Å². The number of hydrogen-bond acceptors (Lipinski definition) is 3. The molecule has 3 rings (SSSR count). The number of ketones is 1. The summed E-state index contributed by atoms with van der Waals surface area (Å²) in [5.74, 6) is -0.0425. The van der Waals surface area contributed by atoms with Crippen LogP contribution in [0.15, 0.2) is 18.2 Å². The van der Waals surface area contributed by atoms with Gasteiger partial charge in [-0.2, -0.15) is 0 Å². The van der Waals surface area contributed by atoms with E-state index in [1.54, 1.807) is 0 Å². The van der Waals surface area contributed by atoms with Gasteiger partial charge in [-0.1, -0.05) is 31.0 Å². The monoisotopic (exact) mass is 367 g/mol. The Morgan fingerprint density at radius 3 is 2.56 bits per heavy atom. The van der Waals surface area contributed by atoms with E-state index in [0.29, 0.717) is 18.8 Å². The Morgan fingerprint density at radius 2 is 1.96 bits per heavy atom. The van der Waals surface area contributed by atoms with Crippen molar-refractivity contribution in [3.8, 4) is 0 Å². The molecule has 0 radical (unpaired) electrons. The summed E-state index contributed by atoms with van der Waals surface area (Å²) in [6.07, 6.45) is 6.14. The topological polar surface area (TPSA) is 47.7 Å². The molecule has 144 valence electrons. The average Bonchev–Trinajstić information content (AvgIpc) is 3.14. The van der Waals surface area contributed by atoms with Crippen LogP contribution < -0.4 is 0 Å². The van der Waals surface area contributed by atoms with E-state index >= 15 is 0 Å². The molecule has 1 saturated carbocycles. The van der Waals surface area contributed by atoms with Crippen molar-refractivity contribution in [1.29, 1.82) is 0 Å². The van der Waals surface area contributed by atoms with Gasteiger partial charge in [-0.25, -0.2) is 6.57 Å². The van der Waals surface area contributed by atoms with E-state index in [1.165, 1.54) is 5.56 Å². The number of carbonyl (C=O) groups excluding carboxylic acids is 2. The Kier molecular flexibility index (Phi) is 5.42. The molecule has 1 heterocycles. The van der Waals surface area contributed by atoms with Crippen LogP contribution >= 0.6 is 0 Å². The molecule has 1 atom stereocenters. The van der Waals surface area contributed by atoms with Gasteiger partial charge in [0.25, 0.3) is 5.54 Å². The summed E-state index contributed by atoms with van der Waals surface area (Å²) in [6, 6.07) is 6.25. The van der Waals surface area contributed by atoms with Crippen molar-refractivity contribution in [3.05, 3.63) is 46.3 Å². The van der Waals surface area contributed by atoms with E-state index in [2.05, 4.69) is 17.0 Å². The van der Waals surface area contributed by atoms with E-state index in [0.717, 1.165) is 43.2 Å². The Balaban J connectivity index is 1.80. The SMILES string of the molecule is [C-]#[N+]C(C)(C)c1ccc(CCC2(C3CCCC3)CC(=O)CC(=O)O2)cc1C. The van der Waals surface area contributed by atoms with Gasteiger partial charge in [0.15, 0.2) is 0 Å². The number of Topliss-reactive ketones (excluding diaryl/α,β-unsaturated/α-hetero) is 1. The zero-order chi connectivity index (χ0) is 19.7. The van der Waals surface area contributed by atoms with Gasteiger partial charge in [-0.3, -0.25) is 9.59 Å². The Hall–Kier alpha value is -2.15. The summed E-state index contributed by atoms with van der Waals surface area (Å²) in [5, 5.41) is 0. The number of nitrogens with zero attached hydrogens (tertiary/aromatic N) is 1. The molecule has 0 aromatic heterocycles. The molecular weight excluding hydrogens is 338 g/mol. The smallest absolute Gasteiger partial charge is 0.313 e. The largest absolute Gasteiger partial charge is 0.458 e. The number of rotatable bonds is 5. The third kappa shape index (κ3) is 4.08. The number of carbonyl (C=O) groups is 2. The van der Waals surface area contributed by atoms with Gasteiger partial charge in [-0.05, 0) is 49.7 Å². The average molecular weight is 367 g/mol. The summed E-state index contributed by atoms with van der Waals surface area (Å²) in [5.41, 5.74) is 2.18. The summed E-state index contributed by atoms with van der Waals surface area (Å²) in [6.45, 7) is 13.3. The number of hydrogen-bond donors (Lipinski definition) is 0. The van der Waals surface area contributed by atoms with E-state index in [9.17, 15) is 9.59 Å². The second kappa shape index (κ2) is 7.46. The second-order valence-corrected chi connectivity index (χ2v) is 8.73. The van der Waals surface area contributed by atoms with Crippen molar-refractivity contribution in [3.63, 3.8) is 0 Å². The standard InChI is InChI=1S/C23H29NO3/c1-16-13-17(9-10-20(16)22(2,3)24-4)11-12-23(18-7-5-6-8-18)15-19(25)14-21(26)27-23/h9-10,13,18H,5-8,11-12,14-15H2,1-3H3. The number of ether oxygens (including phenoxy) is 1. The minimum Gasteiger partial charge on any atom is -0.458 e. The van der Waals surface area contributed by atoms with E-state index in [1.807, 2.05) is 26.8 Å². The fourth-order valence-electron chi connectivity index (χ4n) is 4.86. The van der Waals surface area contributed by atoms with Crippen molar-refractivity contribution >= 4 is 11.8 Å². The zero-order valence-corrected chi connectivity index (χ0v) is 16.6. The highest BCUT2D eigenvalue weighted by molar-refractivity contribution is 5.98. The van der Waals surface area contributed by atoms with Crippen molar-refractivity contribution < 1.29 is 14.3 Å². The molecule has 27 heavy (non-hydrogen) atoms. The zero-order valence-electron chi connectivity index (χ0n) is 16.6. The molecule has 0 bridgehead atoms. The molecule has 4 heteroatoms. The fraction of sp³-hybridized carbons (Fsp3) is 0.609. The molecular formula is C23H29NO3. The van der Waals surface area contributed by atoms with Gasteiger partial charge in [0.1, 0.15) is 17.8 Å². The first kappa shape index (κ1) is 19.6. The maximum absolute atomic E-state index is 12.2. The summed E-state index contributed by atoms with van der Waals surface area (Å²) in [7, 11) is 0. The quantitative estimate of drug-likeness (QED) is 0.422. The molecule has 2 fully saturated rings. The lowest BCUT2D eigenvalue weighted by atomic mass is 9.76. The van der Waals surface area contributed by atoms with Crippen LogP contribution in [0.25, 0.3) is 4.85 Å². The maximum Gasteiger partial charge on any atom is 0.313 e. The lowest BCUT2D eigenvalue weighted by Crippen LogP contribution is -2.48. The molecule has 1 aromatic carbocycles. The third-order valence-corrected chi connectivity index (χ3v) is 6.32. The summed E-state index contributed by atoms with van der Waals surface area (Å²) >= 11 is 0. The number of esters is 1. The summed E-state index contributed by atoms with van der Waals surface area (Å²) < 4.78 is 5.88. The van der Waals surface area contributed by atoms with Gasteiger partial charge in [0, 0.05) is 25.8 Å². The molecule has 1 saturated heterocycles. The second-order valence-electron chi connectivity index (χ2n) is 8.73. The van der Waals surface area contributed by atoms with Crippen molar-refractivity contribution in [1.82, 2.24) is 0 Å². The Morgan fingerprint density at radius 1 is 1.26 bits per heavy atom. The van der Waals surface area contributed by atoms with Crippen LogP contribution in [-0.2, 0) is 26.3 Å². The van der Waals surface area contributed by atoms with Crippen molar-refractivity contribution in [2.24, 2.45) is 5.92 Å². The fourth-order valence-corrected chi connectivity index (χ4v) is 4.86. The number of cyclic esters (lactones) is 1. The Labute approximate surface area is 162 Å². The van der Waals surface area contributed by atoms with Crippen LogP contribution in [0.2, 0.25) is 0 Å². The third-order valence-electron chi connectivity index (χ3n) is 6.32. The predicted octanol–water partition coefficient (Wildman–Crippen LogP) is 4.92. The highest BCUT2D eigenvalue weighted by Crippen LogP contribution is 2.44. The Bertz CT molecular complexity index is 765. The van der Waals surface area contributed by atoms with Gasteiger partial charge in [0.05, 0.1) is 0 Å². The predicted molar refractivity (Wildman–Crippen MR) is 104 cm³/mol. The molecule has 0 spiro atoms. The first-order valence-electron chi connectivity index (χ1n) is 9.98. The molecule has 0 amide bonds. The van der Waals surface area contributed by atoms with E-state index in [-0.39, 0.29) is 18.2 Å². The van der Waals surface area contributed by atoms with Gasteiger partial charge < -0.3 is 9.58 Å². The number of benzene rings is 1. The van der Waals surface area contributed by atoms with Crippen LogP contribution in [0.4, 0.5) is 0 Å². The maximum atomic E-state index is 12.2. The first-order chi connectivity index (χ1) is 12.8. The van der Waals surface area contributed by atoms with E-state index < -0.39 is 11.1 Å². The van der Waals surface area contributed by atoms with Crippen LogP contribution in [0, 0.1) is 19.4 Å². The van der Waals surface area contributed by atoms with E-state index in [4.69, 9.17) is 11.3 Å². The van der Waals surface area contributed by atoms with Gasteiger partial charge in [-0.15, -0.1) is 0 Å². The molecule has 1 unspecified atom stereocenters. The normalized spacial score (nSPS) is 23.9.